The standard InChI is InChI=1S/C16H24NO/c1-4-5-9-14(2)12-17(15(3)18)13-16-10-7-6-8-11-16/h6-8,10-11H,4-5,9,12-13H2,1-3H3. The maximum Gasteiger partial charge on any atom is 0.219 e. The molecule has 0 spiro atoms. The van der Waals surface area contributed by atoms with Crippen LogP contribution in [0.1, 0.15) is 45.6 Å². The van der Waals surface area contributed by atoms with Crippen LogP contribution >= 0.6 is 0 Å². The fourth-order valence-corrected chi connectivity index (χ4v) is 1.97. The Morgan fingerprint density at radius 2 is 1.83 bits per heavy atom. The summed E-state index contributed by atoms with van der Waals surface area (Å²) in [5, 5.41) is 0. The Morgan fingerprint density at radius 1 is 1.17 bits per heavy atom. The highest BCUT2D eigenvalue weighted by Crippen LogP contribution is 2.14. The number of carbonyl (C=O) groups excluding carboxylic acids is 1. The zero-order chi connectivity index (χ0) is 13.4. The maximum absolute atomic E-state index is 11.7. The summed E-state index contributed by atoms with van der Waals surface area (Å²) in [5.74, 6) is 1.54. The average Bonchev–Trinajstić information content (AvgIpc) is 2.36. The van der Waals surface area contributed by atoms with E-state index in [1.807, 2.05) is 23.1 Å². The predicted octanol–water partition coefficient (Wildman–Crippen LogP) is 3.82. The van der Waals surface area contributed by atoms with Crippen molar-refractivity contribution in [2.24, 2.45) is 0 Å². The number of nitrogens with zero attached hydrogens (tertiary/aromatic N) is 1. The molecule has 0 N–H and O–H groups in total. The molecule has 2 heteroatoms. The molecule has 0 saturated heterocycles. The van der Waals surface area contributed by atoms with E-state index in [-0.39, 0.29) is 5.91 Å². The summed E-state index contributed by atoms with van der Waals surface area (Å²) in [6.45, 7) is 7.48. The van der Waals surface area contributed by atoms with E-state index in [1.165, 1.54) is 24.3 Å². The van der Waals surface area contributed by atoms with Crippen LogP contribution in [0, 0.1) is 5.92 Å². The third-order valence-electron chi connectivity index (χ3n) is 3.08. The monoisotopic (exact) mass is 246 g/mol. The topological polar surface area (TPSA) is 20.3 Å². The highest BCUT2D eigenvalue weighted by atomic mass is 16.2. The third kappa shape index (κ3) is 5.35. The summed E-state index contributed by atoms with van der Waals surface area (Å²) in [6, 6.07) is 10.2. The number of unbranched alkanes of at least 4 members (excludes halogenated alkanes) is 1. The Bertz CT molecular complexity index is 347. The Morgan fingerprint density at radius 3 is 2.39 bits per heavy atom. The van der Waals surface area contributed by atoms with Crippen molar-refractivity contribution in [3.8, 4) is 0 Å². The molecular formula is C16H24NO. The lowest BCUT2D eigenvalue weighted by Crippen LogP contribution is -2.31. The van der Waals surface area contributed by atoms with Gasteiger partial charge in [-0.1, -0.05) is 57.0 Å². The summed E-state index contributed by atoms with van der Waals surface area (Å²) in [5.41, 5.74) is 1.19. The molecule has 0 unspecified atom stereocenters. The Balaban J connectivity index is 2.52. The van der Waals surface area contributed by atoms with Crippen molar-refractivity contribution >= 4 is 5.91 Å². The molecule has 0 bridgehead atoms. The van der Waals surface area contributed by atoms with Crippen LogP contribution in [-0.2, 0) is 11.3 Å². The van der Waals surface area contributed by atoms with Crippen LogP contribution in [0.2, 0.25) is 0 Å². The lowest BCUT2D eigenvalue weighted by atomic mass is 10.0. The molecule has 99 valence electrons. The first-order valence-corrected chi connectivity index (χ1v) is 6.74. The number of amides is 1. The summed E-state index contributed by atoms with van der Waals surface area (Å²) >= 11 is 0. The van der Waals surface area contributed by atoms with Gasteiger partial charge in [0, 0.05) is 20.0 Å². The van der Waals surface area contributed by atoms with E-state index in [0.29, 0.717) is 6.54 Å². The maximum atomic E-state index is 11.7. The van der Waals surface area contributed by atoms with Crippen molar-refractivity contribution in [1.29, 1.82) is 0 Å². The van der Waals surface area contributed by atoms with E-state index in [1.54, 1.807) is 6.92 Å². The lowest BCUT2D eigenvalue weighted by molar-refractivity contribution is -0.129. The van der Waals surface area contributed by atoms with Crippen molar-refractivity contribution in [3.63, 3.8) is 0 Å². The molecule has 2 nitrogen and oxygen atoms in total. The van der Waals surface area contributed by atoms with Crippen molar-refractivity contribution < 1.29 is 4.79 Å². The quantitative estimate of drug-likeness (QED) is 0.716. The molecule has 0 heterocycles. The minimum absolute atomic E-state index is 0.148. The van der Waals surface area contributed by atoms with Gasteiger partial charge in [0.05, 0.1) is 0 Å². The van der Waals surface area contributed by atoms with Gasteiger partial charge in [0.2, 0.25) is 5.91 Å². The van der Waals surface area contributed by atoms with E-state index in [0.717, 1.165) is 13.0 Å². The fourth-order valence-electron chi connectivity index (χ4n) is 1.97. The highest BCUT2D eigenvalue weighted by Gasteiger charge is 2.13. The smallest absolute Gasteiger partial charge is 0.219 e. The molecule has 0 saturated carbocycles. The summed E-state index contributed by atoms with van der Waals surface area (Å²) in [6.07, 6.45) is 3.54. The predicted molar refractivity (Wildman–Crippen MR) is 76.0 cm³/mol. The van der Waals surface area contributed by atoms with Gasteiger partial charge in [0.25, 0.3) is 0 Å². The fraction of sp³-hybridized carbons (Fsp3) is 0.500. The van der Waals surface area contributed by atoms with Crippen LogP contribution < -0.4 is 0 Å². The summed E-state index contributed by atoms with van der Waals surface area (Å²) in [4.78, 5) is 13.6. The molecule has 0 aliphatic rings. The summed E-state index contributed by atoms with van der Waals surface area (Å²) < 4.78 is 0. The third-order valence-corrected chi connectivity index (χ3v) is 3.08. The van der Waals surface area contributed by atoms with Crippen molar-refractivity contribution in [3.05, 3.63) is 41.8 Å². The van der Waals surface area contributed by atoms with Gasteiger partial charge in [0.1, 0.15) is 0 Å². The molecule has 1 aromatic rings. The van der Waals surface area contributed by atoms with Crippen LogP contribution in [0.25, 0.3) is 0 Å². The molecule has 1 amide bonds. The molecule has 1 rings (SSSR count). The van der Waals surface area contributed by atoms with Crippen molar-refractivity contribution in [2.45, 2.75) is 46.6 Å². The van der Waals surface area contributed by atoms with Gasteiger partial charge < -0.3 is 4.90 Å². The Labute approximate surface area is 111 Å². The molecule has 0 aliphatic heterocycles. The van der Waals surface area contributed by atoms with Crippen LogP contribution in [-0.4, -0.2) is 17.4 Å². The van der Waals surface area contributed by atoms with Gasteiger partial charge in [-0.15, -0.1) is 0 Å². The second-order valence-corrected chi connectivity index (χ2v) is 4.92. The first-order chi connectivity index (χ1) is 8.63. The number of carbonyl (C=O) groups is 1. The SMILES string of the molecule is CCCC[C](C)CN(Cc1ccccc1)C(C)=O. The zero-order valence-corrected chi connectivity index (χ0v) is 11.8. The Hall–Kier alpha value is -1.31. The average molecular weight is 246 g/mol. The first kappa shape index (κ1) is 14.7. The van der Waals surface area contributed by atoms with Gasteiger partial charge in [-0.2, -0.15) is 0 Å². The normalized spacial score (nSPS) is 10.7. The van der Waals surface area contributed by atoms with Crippen LogP contribution in [0.4, 0.5) is 0 Å². The van der Waals surface area contributed by atoms with Crippen molar-refractivity contribution in [1.82, 2.24) is 4.90 Å². The highest BCUT2D eigenvalue weighted by molar-refractivity contribution is 5.73. The molecule has 1 aromatic carbocycles. The molecule has 0 aromatic heterocycles. The van der Waals surface area contributed by atoms with Gasteiger partial charge >= 0.3 is 0 Å². The van der Waals surface area contributed by atoms with Gasteiger partial charge in [-0.25, -0.2) is 0 Å². The molecule has 0 fully saturated rings. The molecule has 18 heavy (non-hydrogen) atoms. The zero-order valence-electron chi connectivity index (χ0n) is 11.8. The van der Waals surface area contributed by atoms with E-state index in [9.17, 15) is 4.79 Å². The Kier molecular flexibility index (Phi) is 6.48. The van der Waals surface area contributed by atoms with Crippen LogP contribution in [0.3, 0.4) is 0 Å². The van der Waals surface area contributed by atoms with Crippen LogP contribution in [0.15, 0.2) is 30.3 Å². The van der Waals surface area contributed by atoms with E-state index >= 15 is 0 Å². The van der Waals surface area contributed by atoms with Crippen molar-refractivity contribution in [2.75, 3.05) is 6.54 Å². The second-order valence-electron chi connectivity index (χ2n) is 4.92. The number of hydrogen-bond acceptors (Lipinski definition) is 1. The number of rotatable bonds is 7. The minimum Gasteiger partial charge on any atom is -0.338 e. The van der Waals surface area contributed by atoms with E-state index < -0.39 is 0 Å². The lowest BCUT2D eigenvalue weighted by Gasteiger charge is -2.24. The largest absolute Gasteiger partial charge is 0.338 e. The van der Waals surface area contributed by atoms with Gasteiger partial charge in [0.15, 0.2) is 0 Å². The van der Waals surface area contributed by atoms with E-state index in [4.69, 9.17) is 0 Å². The molecular weight excluding hydrogens is 222 g/mol. The minimum atomic E-state index is 0.148. The second kappa shape index (κ2) is 7.91. The first-order valence-electron chi connectivity index (χ1n) is 6.74. The molecule has 0 aliphatic carbocycles. The summed E-state index contributed by atoms with van der Waals surface area (Å²) in [7, 11) is 0. The number of hydrogen-bond donors (Lipinski definition) is 0. The van der Waals surface area contributed by atoms with Crippen LogP contribution in [0.5, 0.6) is 0 Å². The molecule has 1 radical (unpaired) electrons. The van der Waals surface area contributed by atoms with Gasteiger partial charge in [-0.3, -0.25) is 4.79 Å². The number of benzene rings is 1. The van der Waals surface area contributed by atoms with E-state index in [2.05, 4.69) is 26.0 Å². The van der Waals surface area contributed by atoms with Gasteiger partial charge in [-0.05, 0) is 17.9 Å². The molecule has 0 atom stereocenters.